The van der Waals surface area contributed by atoms with E-state index in [0.29, 0.717) is 23.8 Å². The van der Waals surface area contributed by atoms with E-state index < -0.39 is 31.1 Å². The number of aliphatic hydroxyl groups is 1. The van der Waals surface area contributed by atoms with Gasteiger partial charge in [0.2, 0.25) is 0 Å². The summed E-state index contributed by atoms with van der Waals surface area (Å²) in [6.07, 6.45) is 2.76. The molecule has 1 saturated heterocycles. The van der Waals surface area contributed by atoms with Crippen LogP contribution in [-0.4, -0.2) is 57.3 Å². The molecule has 2 aliphatic rings. The van der Waals surface area contributed by atoms with Gasteiger partial charge in [0.15, 0.2) is 0 Å². The first-order valence-corrected chi connectivity index (χ1v) is 15.7. The summed E-state index contributed by atoms with van der Waals surface area (Å²) in [7, 11) is -4.14. The topological polar surface area (TPSA) is 136 Å². The third-order valence-electron chi connectivity index (χ3n) is 6.40. The summed E-state index contributed by atoms with van der Waals surface area (Å²) in [5, 5.41) is 15.0. The molecule has 0 saturated carbocycles. The van der Waals surface area contributed by atoms with Crippen molar-refractivity contribution in [3.63, 3.8) is 0 Å². The number of ether oxygens (including phenoxy) is 1. The maximum absolute atomic E-state index is 14.2. The Labute approximate surface area is 239 Å². The minimum atomic E-state index is -4.14. The smallest absolute Gasteiger partial charge is 0.459 e. The Morgan fingerprint density at radius 3 is 2.65 bits per heavy atom. The standard InChI is InChI=1S/C28H37N4O6PS/c1-17(2)27(28(34)37-18(3)4)31-39(35,38-22-11-10-20-8-6-7-9-21(20)14-22)36-16-24-23(33)15-26(40-24)32-13-12-25(29)30-19(32)5/h6-14,17-18,23-24,26-27,33H,5,15-16H2,1-4H3,(H2,29,30)(H,31,35)/t23-,24-,26-,27+,39?/m1/s1. The van der Waals surface area contributed by atoms with E-state index in [-0.39, 0.29) is 24.0 Å². The van der Waals surface area contributed by atoms with Crippen LogP contribution in [0.15, 0.2) is 72.1 Å². The number of fused-ring (bicyclic) bond motifs is 1. The number of carbonyl (C=O) groups excluding carboxylic acids is 1. The Morgan fingerprint density at radius 1 is 1.25 bits per heavy atom. The van der Waals surface area contributed by atoms with Gasteiger partial charge in [-0.1, -0.05) is 50.8 Å². The summed E-state index contributed by atoms with van der Waals surface area (Å²) in [5.41, 5.74) is 5.75. The van der Waals surface area contributed by atoms with Gasteiger partial charge in [-0.05, 0) is 48.7 Å². The molecule has 2 heterocycles. The Kier molecular flexibility index (Phi) is 9.64. The summed E-state index contributed by atoms with van der Waals surface area (Å²) in [4.78, 5) is 18.9. The average Bonchev–Trinajstić information content (AvgIpc) is 3.25. The van der Waals surface area contributed by atoms with Crippen molar-refractivity contribution in [2.24, 2.45) is 16.6 Å². The van der Waals surface area contributed by atoms with Gasteiger partial charge in [0.05, 0.1) is 29.4 Å². The van der Waals surface area contributed by atoms with E-state index in [4.69, 9.17) is 19.5 Å². The molecule has 12 heteroatoms. The van der Waals surface area contributed by atoms with Crippen LogP contribution in [0.4, 0.5) is 0 Å². The molecule has 0 spiro atoms. The fraction of sp³-hybridized carbons (Fsp3) is 0.429. The first-order valence-electron chi connectivity index (χ1n) is 13.2. The van der Waals surface area contributed by atoms with Crippen molar-refractivity contribution < 1.29 is 28.3 Å². The Hall–Kier alpha value is -2.82. The Morgan fingerprint density at radius 2 is 1.98 bits per heavy atom. The molecule has 40 heavy (non-hydrogen) atoms. The number of amidine groups is 1. The van der Waals surface area contributed by atoms with Crippen LogP contribution in [-0.2, 0) is 18.6 Å². The number of carbonyl (C=O) groups is 1. The van der Waals surface area contributed by atoms with Crippen molar-refractivity contribution in [3.8, 4) is 5.75 Å². The first-order chi connectivity index (χ1) is 18.9. The van der Waals surface area contributed by atoms with Gasteiger partial charge < -0.3 is 25.0 Å². The summed E-state index contributed by atoms with van der Waals surface area (Å²) in [6, 6.07) is 12.1. The molecule has 2 aliphatic heterocycles. The first kappa shape index (κ1) is 30.1. The van der Waals surface area contributed by atoms with Crippen molar-refractivity contribution in [1.29, 1.82) is 0 Å². The molecular weight excluding hydrogens is 551 g/mol. The van der Waals surface area contributed by atoms with Crippen molar-refractivity contribution in [2.45, 2.75) is 63.0 Å². The number of aliphatic hydroxyl groups excluding tert-OH is 1. The van der Waals surface area contributed by atoms with Gasteiger partial charge in [-0.15, -0.1) is 11.8 Å². The Bertz CT molecular complexity index is 1350. The zero-order chi connectivity index (χ0) is 29.0. The van der Waals surface area contributed by atoms with Gasteiger partial charge in [0.25, 0.3) is 0 Å². The second-order valence-electron chi connectivity index (χ2n) is 10.3. The fourth-order valence-corrected chi connectivity index (χ4v) is 7.61. The molecule has 0 radical (unpaired) electrons. The number of nitrogens with one attached hydrogen (secondary N) is 1. The third kappa shape index (κ3) is 7.47. The summed E-state index contributed by atoms with van der Waals surface area (Å²) in [6.45, 7) is 11.0. The maximum atomic E-state index is 14.2. The van der Waals surface area contributed by atoms with Crippen LogP contribution in [0.2, 0.25) is 0 Å². The number of hydrogen-bond acceptors (Lipinski definition) is 10. The van der Waals surface area contributed by atoms with E-state index in [9.17, 15) is 14.5 Å². The zero-order valence-electron chi connectivity index (χ0n) is 23.1. The number of aliphatic imine (C=N–C) groups is 1. The molecule has 1 fully saturated rings. The summed E-state index contributed by atoms with van der Waals surface area (Å²) in [5.74, 6) is 0.322. The lowest BCUT2D eigenvalue weighted by Crippen LogP contribution is -2.42. The highest BCUT2D eigenvalue weighted by Crippen LogP contribution is 2.48. The quantitative estimate of drug-likeness (QED) is 0.249. The van der Waals surface area contributed by atoms with Crippen LogP contribution in [0.5, 0.6) is 5.75 Å². The number of rotatable bonds is 11. The second kappa shape index (κ2) is 12.8. The van der Waals surface area contributed by atoms with E-state index in [1.54, 1.807) is 38.3 Å². The van der Waals surface area contributed by atoms with Gasteiger partial charge in [-0.3, -0.25) is 9.32 Å². The van der Waals surface area contributed by atoms with Crippen molar-refractivity contribution in [2.75, 3.05) is 6.61 Å². The molecule has 5 atom stereocenters. The number of nitrogens with two attached hydrogens (primary N) is 1. The van der Waals surface area contributed by atoms with Gasteiger partial charge >= 0.3 is 13.7 Å². The van der Waals surface area contributed by atoms with Crippen LogP contribution >= 0.6 is 19.5 Å². The highest BCUT2D eigenvalue weighted by molar-refractivity contribution is 8.00. The monoisotopic (exact) mass is 588 g/mol. The number of hydrogen-bond donors (Lipinski definition) is 3. The number of nitrogens with zero attached hydrogens (tertiary/aromatic N) is 2. The molecule has 0 aliphatic carbocycles. The van der Waals surface area contributed by atoms with Crippen LogP contribution < -0.4 is 15.3 Å². The SMILES string of the molecule is C=C1N=C(N)C=CN1[C@H]1C[C@@H](O)[C@@H](COP(=O)(N[C@H](C(=O)OC(C)C)C(C)C)Oc2ccc3ccccc3c2)S1. The molecule has 2 aromatic carbocycles. The maximum Gasteiger partial charge on any atom is 0.459 e. The minimum Gasteiger partial charge on any atom is -0.462 e. The molecule has 1 unspecified atom stereocenters. The van der Waals surface area contributed by atoms with Gasteiger partial charge in [0, 0.05) is 12.6 Å². The fourth-order valence-electron chi connectivity index (χ4n) is 4.36. The molecule has 2 aromatic rings. The van der Waals surface area contributed by atoms with E-state index >= 15 is 0 Å². The summed E-state index contributed by atoms with van der Waals surface area (Å²) >= 11 is 1.45. The predicted octanol–water partition coefficient (Wildman–Crippen LogP) is 4.76. The van der Waals surface area contributed by atoms with E-state index in [2.05, 4.69) is 16.7 Å². The normalized spacial score (nSPS) is 23.4. The molecule has 0 aromatic heterocycles. The molecule has 10 nitrogen and oxygen atoms in total. The second-order valence-corrected chi connectivity index (χ2v) is 13.5. The van der Waals surface area contributed by atoms with E-state index in [1.807, 2.05) is 49.1 Å². The third-order valence-corrected chi connectivity index (χ3v) is 9.47. The zero-order valence-corrected chi connectivity index (χ0v) is 24.8. The Balaban J connectivity index is 1.53. The lowest BCUT2D eigenvalue weighted by atomic mass is 10.1. The van der Waals surface area contributed by atoms with Gasteiger partial charge in [0.1, 0.15) is 23.4 Å². The van der Waals surface area contributed by atoms with Crippen LogP contribution in [0.1, 0.15) is 34.1 Å². The highest BCUT2D eigenvalue weighted by atomic mass is 32.2. The number of thioether (sulfide) groups is 1. The average molecular weight is 589 g/mol. The molecule has 4 rings (SSSR count). The van der Waals surface area contributed by atoms with Gasteiger partial charge in [-0.2, -0.15) is 5.09 Å². The van der Waals surface area contributed by atoms with E-state index in [1.165, 1.54) is 11.8 Å². The number of benzene rings is 2. The highest BCUT2D eigenvalue weighted by Gasteiger charge is 2.41. The van der Waals surface area contributed by atoms with Crippen molar-refractivity contribution in [1.82, 2.24) is 9.99 Å². The largest absolute Gasteiger partial charge is 0.462 e. The van der Waals surface area contributed by atoms with Crippen LogP contribution in [0.3, 0.4) is 0 Å². The molecule has 0 bridgehead atoms. The lowest BCUT2D eigenvalue weighted by molar-refractivity contribution is -0.150. The lowest BCUT2D eigenvalue weighted by Gasteiger charge is -2.29. The van der Waals surface area contributed by atoms with Crippen molar-refractivity contribution >= 4 is 42.1 Å². The summed E-state index contributed by atoms with van der Waals surface area (Å²) < 4.78 is 31.6. The van der Waals surface area contributed by atoms with Crippen LogP contribution in [0, 0.1) is 5.92 Å². The molecule has 4 N–H and O–H groups in total. The minimum absolute atomic E-state index is 0.0975. The van der Waals surface area contributed by atoms with Gasteiger partial charge in [-0.25, -0.2) is 9.56 Å². The van der Waals surface area contributed by atoms with Crippen molar-refractivity contribution in [3.05, 3.63) is 67.1 Å². The van der Waals surface area contributed by atoms with E-state index in [0.717, 1.165) is 10.8 Å². The predicted molar refractivity (Wildman–Crippen MR) is 159 cm³/mol. The van der Waals surface area contributed by atoms with Crippen LogP contribution in [0.25, 0.3) is 10.8 Å². The molecule has 0 amide bonds. The molecule has 216 valence electrons. The number of esters is 1. The molecular formula is C28H37N4O6PS.